The highest BCUT2D eigenvalue weighted by molar-refractivity contribution is 9.10. The summed E-state index contributed by atoms with van der Waals surface area (Å²) in [6, 6.07) is 14.0. The van der Waals surface area contributed by atoms with Gasteiger partial charge in [-0.3, -0.25) is 4.79 Å². The van der Waals surface area contributed by atoms with Crippen molar-refractivity contribution in [1.29, 1.82) is 0 Å². The van der Waals surface area contributed by atoms with Crippen molar-refractivity contribution < 1.29 is 4.79 Å². The van der Waals surface area contributed by atoms with Crippen LogP contribution in [0.1, 0.15) is 21.5 Å². The van der Waals surface area contributed by atoms with E-state index in [9.17, 15) is 4.79 Å². The van der Waals surface area contributed by atoms with Crippen LogP contribution < -0.4 is 0 Å². The van der Waals surface area contributed by atoms with Gasteiger partial charge in [-0.2, -0.15) is 0 Å². The van der Waals surface area contributed by atoms with E-state index in [0.29, 0.717) is 6.54 Å². The lowest BCUT2D eigenvalue weighted by atomic mass is 10.0. The summed E-state index contributed by atoms with van der Waals surface area (Å²) in [5.41, 5.74) is 4.09. The quantitative estimate of drug-likeness (QED) is 0.620. The zero-order valence-corrected chi connectivity index (χ0v) is 13.6. The first-order chi connectivity index (χ1) is 10.1. The van der Waals surface area contributed by atoms with E-state index in [2.05, 4.69) is 22.0 Å². The van der Waals surface area contributed by atoms with Gasteiger partial charge in [0.25, 0.3) is 0 Å². The fourth-order valence-electron chi connectivity index (χ4n) is 2.69. The fraction of sp³-hybridized carbons (Fsp3) is 0.167. The Hall–Kier alpha value is -1.87. The molecule has 0 aliphatic rings. The number of Topliss-reactive ketones (excluding diaryl/α,β-unsaturated/α-hetero) is 1. The molecule has 0 radical (unpaired) electrons. The summed E-state index contributed by atoms with van der Waals surface area (Å²) in [4.78, 5) is 12.5. The Morgan fingerprint density at radius 2 is 1.95 bits per heavy atom. The number of hydrogen-bond donors (Lipinski definition) is 0. The van der Waals surface area contributed by atoms with Crippen LogP contribution in [0.4, 0.5) is 0 Å². The molecule has 3 aromatic rings. The molecule has 0 N–H and O–H groups in total. The van der Waals surface area contributed by atoms with Gasteiger partial charge in [0.2, 0.25) is 0 Å². The predicted molar refractivity (Wildman–Crippen MR) is 89.9 cm³/mol. The molecule has 0 aliphatic carbocycles. The van der Waals surface area contributed by atoms with Crippen LogP contribution in [0.5, 0.6) is 0 Å². The minimum Gasteiger partial charge on any atom is -0.340 e. The third kappa shape index (κ3) is 2.66. The minimum atomic E-state index is 0.143. The summed E-state index contributed by atoms with van der Waals surface area (Å²) in [6.07, 6.45) is 1.97. The van der Waals surface area contributed by atoms with E-state index < -0.39 is 0 Å². The highest BCUT2D eigenvalue weighted by Crippen LogP contribution is 2.25. The summed E-state index contributed by atoms with van der Waals surface area (Å²) in [5, 5.41) is 1.13. The van der Waals surface area contributed by atoms with E-state index >= 15 is 0 Å². The number of ketones is 1. The molecule has 0 bridgehead atoms. The van der Waals surface area contributed by atoms with Crippen molar-refractivity contribution in [3.05, 3.63) is 69.8 Å². The standard InChI is InChI=1S/C18H16BrNO/c1-12-6-7-14(13(2)10-12)18(21)11-20-9-8-15-16(19)4-3-5-17(15)20/h3-10H,11H2,1-2H3. The molecule has 3 rings (SSSR count). The van der Waals surface area contributed by atoms with Gasteiger partial charge in [0, 0.05) is 27.1 Å². The number of benzene rings is 2. The van der Waals surface area contributed by atoms with Crippen LogP contribution in [-0.4, -0.2) is 10.4 Å². The summed E-state index contributed by atoms with van der Waals surface area (Å²) in [6.45, 7) is 4.40. The van der Waals surface area contributed by atoms with Crippen LogP contribution in [0.2, 0.25) is 0 Å². The number of carbonyl (C=O) groups excluding carboxylic acids is 1. The molecule has 1 aromatic heterocycles. The molecule has 2 aromatic carbocycles. The lowest BCUT2D eigenvalue weighted by Gasteiger charge is -2.08. The van der Waals surface area contributed by atoms with Crippen molar-refractivity contribution in [1.82, 2.24) is 4.57 Å². The third-order valence-electron chi connectivity index (χ3n) is 3.76. The van der Waals surface area contributed by atoms with Crippen molar-refractivity contribution in [2.24, 2.45) is 0 Å². The van der Waals surface area contributed by atoms with Crippen LogP contribution in [0, 0.1) is 13.8 Å². The summed E-state index contributed by atoms with van der Waals surface area (Å²) in [5.74, 6) is 0.143. The van der Waals surface area contributed by atoms with Crippen molar-refractivity contribution >= 4 is 32.6 Å². The number of aromatic nitrogens is 1. The summed E-state index contributed by atoms with van der Waals surface area (Å²) >= 11 is 3.54. The zero-order chi connectivity index (χ0) is 15.0. The lowest BCUT2D eigenvalue weighted by molar-refractivity contribution is 0.0973. The molecule has 0 fully saturated rings. The maximum Gasteiger partial charge on any atom is 0.182 e. The van der Waals surface area contributed by atoms with Crippen LogP contribution in [0.15, 0.2) is 53.1 Å². The second-order valence-corrected chi connectivity index (χ2v) is 6.21. The SMILES string of the molecule is Cc1ccc(C(=O)Cn2ccc3c(Br)cccc32)c(C)c1. The number of nitrogens with zero attached hydrogens (tertiary/aromatic N) is 1. The highest BCUT2D eigenvalue weighted by Gasteiger charge is 2.12. The summed E-state index contributed by atoms with van der Waals surface area (Å²) in [7, 11) is 0. The van der Waals surface area contributed by atoms with Gasteiger partial charge in [0.1, 0.15) is 0 Å². The minimum absolute atomic E-state index is 0.143. The van der Waals surface area contributed by atoms with Crippen molar-refractivity contribution in [3.63, 3.8) is 0 Å². The molecule has 0 saturated carbocycles. The third-order valence-corrected chi connectivity index (χ3v) is 4.45. The molecule has 0 atom stereocenters. The second kappa shape index (κ2) is 5.49. The van der Waals surface area contributed by atoms with Crippen LogP contribution in [0.3, 0.4) is 0 Å². The largest absolute Gasteiger partial charge is 0.340 e. The number of carbonyl (C=O) groups is 1. The first kappa shape index (κ1) is 14.1. The molecular weight excluding hydrogens is 326 g/mol. The van der Waals surface area contributed by atoms with Crippen LogP contribution >= 0.6 is 15.9 Å². The van der Waals surface area contributed by atoms with Gasteiger partial charge in [0.05, 0.1) is 6.54 Å². The van der Waals surface area contributed by atoms with Crippen molar-refractivity contribution in [2.45, 2.75) is 20.4 Å². The Labute approximate surface area is 132 Å². The van der Waals surface area contributed by atoms with Gasteiger partial charge < -0.3 is 4.57 Å². The Balaban J connectivity index is 1.95. The van der Waals surface area contributed by atoms with Gasteiger partial charge in [-0.15, -0.1) is 0 Å². The van der Waals surface area contributed by atoms with E-state index in [1.165, 1.54) is 5.56 Å². The topological polar surface area (TPSA) is 22.0 Å². The van der Waals surface area contributed by atoms with Gasteiger partial charge in [-0.1, -0.05) is 45.8 Å². The number of aryl methyl sites for hydroxylation is 2. The van der Waals surface area contributed by atoms with Gasteiger partial charge >= 0.3 is 0 Å². The normalized spacial score (nSPS) is 11.0. The molecule has 2 nitrogen and oxygen atoms in total. The number of halogens is 1. The molecule has 1 heterocycles. The monoisotopic (exact) mass is 341 g/mol. The van der Waals surface area contributed by atoms with Crippen molar-refractivity contribution in [3.8, 4) is 0 Å². The molecule has 0 spiro atoms. The van der Waals surface area contributed by atoms with E-state index in [-0.39, 0.29) is 5.78 Å². The van der Waals surface area contributed by atoms with Gasteiger partial charge in [-0.25, -0.2) is 0 Å². The first-order valence-corrected chi connectivity index (χ1v) is 7.69. The smallest absolute Gasteiger partial charge is 0.182 e. The van der Waals surface area contributed by atoms with Crippen LogP contribution in [0.25, 0.3) is 10.9 Å². The van der Waals surface area contributed by atoms with Crippen molar-refractivity contribution in [2.75, 3.05) is 0 Å². The average molecular weight is 342 g/mol. The van der Waals surface area contributed by atoms with Crippen LogP contribution in [-0.2, 0) is 6.54 Å². The molecule has 3 heteroatoms. The Morgan fingerprint density at radius 1 is 1.14 bits per heavy atom. The van der Waals surface area contributed by atoms with E-state index in [4.69, 9.17) is 0 Å². The average Bonchev–Trinajstić information content (AvgIpc) is 2.83. The number of hydrogen-bond acceptors (Lipinski definition) is 1. The molecule has 0 unspecified atom stereocenters. The Kier molecular flexibility index (Phi) is 3.68. The zero-order valence-electron chi connectivity index (χ0n) is 12.1. The fourth-order valence-corrected chi connectivity index (χ4v) is 3.18. The number of fused-ring (bicyclic) bond motifs is 1. The van der Waals surface area contributed by atoms with E-state index in [1.54, 1.807) is 0 Å². The molecule has 21 heavy (non-hydrogen) atoms. The van der Waals surface area contributed by atoms with Gasteiger partial charge in [-0.05, 0) is 37.6 Å². The predicted octanol–water partition coefficient (Wildman–Crippen LogP) is 4.90. The molecule has 106 valence electrons. The molecule has 0 saturated heterocycles. The maximum absolute atomic E-state index is 12.5. The lowest BCUT2D eigenvalue weighted by Crippen LogP contribution is -2.11. The summed E-state index contributed by atoms with van der Waals surface area (Å²) < 4.78 is 3.06. The second-order valence-electron chi connectivity index (χ2n) is 5.36. The van der Waals surface area contributed by atoms with E-state index in [1.807, 2.05) is 61.0 Å². The molecule has 0 amide bonds. The molecular formula is C18H16BrNO. The molecule has 0 aliphatic heterocycles. The Morgan fingerprint density at radius 3 is 2.71 bits per heavy atom. The maximum atomic E-state index is 12.5. The number of rotatable bonds is 3. The van der Waals surface area contributed by atoms with Gasteiger partial charge in [0.15, 0.2) is 5.78 Å². The highest BCUT2D eigenvalue weighted by atomic mass is 79.9. The first-order valence-electron chi connectivity index (χ1n) is 6.90. The Bertz CT molecular complexity index is 832. The van der Waals surface area contributed by atoms with E-state index in [0.717, 1.165) is 26.5 Å².